The number of methoxy groups -OCH3 is 1. The van der Waals surface area contributed by atoms with Gasteiger partial charge in [0.05, 0.1) is 7.11 Å². The van der Waals surface area contributed by atoms with Crippen LogP contribution >= 0.6 is 0 Å². The van der Waals surface area contributed by atoms with Crippen LogP contribution in [-0.4, -0.2) is 19.1 Å². The molecule has 2 atom stereocenters. The molecule has 1 aliphatic rings. The molecule has 2 unspecified atom stereocenters. The Bertz CT molecular complexity index is 643. The monoisotopic (exact) mass is 311 g/mol. The van der Waals surface area contributed by atoms with E-state index >= 15 is 0 Å². The van der Waals surface area contributed by atoms with Crippen molar-refractivity contribution in [3.63, 3.8) is 0 Å². The van der Waals surface area contributed by atoms with Crippen molar-refractivity contribution < 1.29 is 9.53 Å². The molecule has 120 valence electrons. The van der Waals surface area contributed by atoms with E-state index < -0.39 is 0 Å². The molecule has 0 aliphatic carbocycles. The number of benzene rings is 2. The average Bonchev–Trinajstić information content (AvgIpc) is 3.11. The second-order valence-electron chi connectivity index (χ2n) is 5.61. The largest absolute Gasteiger partial charge is 0.497 e. The molecule has 1 aliphatic heterocycles. The van der Waals surface area contributed by atoms with Gasteiger partial charge in [0.2, 0.25) is 5.91 Å². The second-order valence-corrected chi connectivity index (χ2v) is 5.61. The fourth-order valence-electron chi connectivity index (χ4n) is 2.69. The van der Waals surface area contributed by atoms with Gasteiger partial charge in [0.1, 0.15) is 11.8 Å². The van der Waals surface area contributed by atoms with Crippen LogP contribution in [0, 0.1) is 0 Å². The van der Waals surface area contributed by atoms with Crippen molar-refractivity contribution in [1.82, 2.24) is 16.2 Å². The van der Waals surface area contributed by atoms with Crippen molar-refractivity contribution >= 4 is 5.91 Å². The van der Waals surface area contributed by atoms with Crippen LogP contribution in [0.3, 0.4) is 0 Å². The SMILES string of the molecule is COc1ccc(CNC(=O)C2CC(c3ccccc3)NN2)cc1. The lowest BCUT2D eigenvalue weighted by atomic mass is 10.0. The van der Waals surface area contributed by atoms with Crippen LogP contribution < -0.4 is 20.9 Å². The molecule has 2 aromatic rings. The van der Waals surface area contributed by atoms with E-state index in [1.165, 1.54) is 5.56 Å². The van der Waals surface area contributed by atoms with Gasteiger partial charge in [0, 0.05) is 12.6 Å². The smallest absolute Gasteiger partial charge is 0.238 e. The average molecular weight is 311 g/mol. The molecule has 1 fully saturated rings. The Morgan fingerprint density at radius 3 is 2.57 bits per heavy atom. The minimum atomic E-state index is -0.224. The third-order valence-corrected chi connectivity index (χ3v) is 4.05. The number of amides is 1. The highest BCUT2D eigenvalue weighted by Crippen LogP contribution is 2.21. The first-order valence-electron chi connectivity index (χ1n) is 7.73. The van der Waals surface area contributed by atoms with Crippen molar-refractivity contribution in [2.24, 2.45) is 0 Å². The summed E-state index contributed by atoms with van der Waals surface area (Å²) >= 11 is 0. The van der Waals surface area contributed by atoms with E-state index in [1.807, 2.05) is 42.5 Å². The van der Waals surface area contributed by atoms with E-state index in [0.717, 1.165) is 17.7 Å². The van der Waals surface area contributed by atoms with Gasteiger partial charge in [0.25, 0.3) is 0 Å². The van der Waals surface area contributed by atoms with Crippen LogP contribution in [0.4, 0.5) is 0 Å². The van der Waals surface area contributed by atoms with E-state index in [4.69, 9.17) is 4.74 Å². The fourth-order valence-corrected chi connectivity index (χ4v) is 2.69. The van der Waals surface area contributed by atoms with Gasteiger partial charge < -0.3 is 10.1 Å². The van der Waals surface area contributed by atoms with Gasteiger partial charge >= 0.3 is 0 Å². The lowest BCUT2D eigenvalue weighted by Gasteiger charge is -2.11. The van der Waals surface area contributed by atoms with Crippen LogP contribution in [-0.2, 0) is 11.3 Å². The highest BCUT2D eigenvalue weighted by atomic mass is 16.5. The zero-order valence-electron chi connectivity index (χ0n) is 13.1. The lowest BCUT2D eigenvalue weighted by molar-refractivity contribution is -0.123. The molecule has 0 bridgehead atoms. The first-order chi connectivity index (χ1) is 11.3. The Balaban J connectivity index is 1.51. The standard InChI is InChI=1S/C18H21N3O2/c1-23-15-9-7-13(8-10-15)12-19-18(22)17-11-16(20-21-17)14-5-3-2-4-6-14/h2-10,16-17,20-21H,11-12H2,1H3,(H,19,22). The molecular formula is C18H21N3O2. The second kappa shape index (κ2) is 7.26. The summed E-state index contributed by atoms with van der Waals surface area (Å²) in [5.74, 6) is 0.819. The maximum Gasteiger partial charge on any atom is 0.238 e. The van der Waals surface area contributed by atoms with Crippen molar-refractivity contribution in [3.05, 3.63) is 65.7 Å². The molecule has 2 aromatic carbocycles. The van der Waals surface area contributed by atoms with E-state index in [-0.39, 0.29) is 18.0 Å². The van der Waals surface area contributed by atoms with Gasteiger partial charge in [-0.3, -0.25) is 4.79 Å². The quantitative estimate of drug-likeness (QED) is 0.789. The molecule has 5 heteroatoms. The van der Waals surface area contributed by atoms with E-state index in [9.17, 15) is 4.79 Å². The van der Waals surface area contributed by atoms with Crippen molar-refractivity contribution in [2.75, 3.05) is 7.11 Å². The number of rotatable bonds is 5. The zero-order chi connectivity index (χ0) is 16.1. The summed E-state index contributed by atoms with van der Waals surface area (Å²) in [7, 11) is 1.64. The third-order valence-electron chi connectivity index (χ3n) is 4.05. The highest BCUT2D eigenvalue weighted by Gasteiger charge is 2.29. The zero-order valence-corrected chi connectivity index (χ0v) is 13.1. The summed E-state index contributed by atoms with van der Waals surface area (Å²) in [6.45, 7) is 0.511. The minimum absolute atomic E-state index is 0.00625. The lowest BCUT2D eigenvalue weighted by Crippen LogP contribution is -2.42. The maximum atomic E-state index is 12.3. The Labute approximate surface area is 136 Å². The molecule has 0 spiro atoms. The van der Waals surface area contributed by atoms with E-state index in [2.05, 4.69) is 28.3 Å². The predicted octanol–water partition coefficient (Wildman–Crippen LogP) is 1.92. The van der Waals surface area contributed by atoms with Crippen LogP contribution in [0.25, 0.3) is 0 Å². The van der Waals surface area contributed by atoms with Gasteiger partial charge in [-0.25, -0.2) is 10.9 Å². The molecule has 3 rings (SSSR count). The number of nitrogens with one attached hydrogen (secondary N) is 3. The molecule has 1 heterocycles. The van der Waals surface area contributed by atoms with Gasteiger partial charge in [-0.2, -0.15) is 0 Å². The Kier molecular flexibility index (Phi) is 4.90. The summed E-state index contributed by atoms with van der Waals surface area (Å²) in [4.78, 5) is 12.3. The van der Waals surface area contributed by atoms with E-state index in [1.54, 1.807) is 7.11 Å². The number of carbonyl (C=O) groups is 1. The topological polar surface area (TPSA) is 62.4 Å². The normalized spacial score (nSPS) is 20.2. The maximum absolute atomic E-state index is 12.3. The third kappa shape index (κ3) is 3.88. The summed E-state index contributed by atoms with van der Waals surface area (Å²) < 4.78 is 5.12. The summed E-state index contributed by atoms with van der Waals surface area (Å²) in [5.41, 5.74) is 8.50. The fraction of sp³-hybridized carbons (Fsp3) is 0.278. The predicted molar refractivity (Wildman–Crippen MR) is 88.7 cm³/mol. The minimum Gasteiger partial charge on any atom is -0.497 e. The van der Waals surface area contributed by atoms with Gasteiger partial charge in [-0.05, 0) is 29.7 Å². The first-order valence-corrected chi connectivity index (χ1v) is 7.73. The number of hydrazine groups is 1. The van der Waals surface area contributed by atoms with Gasteiger partial charge in [-0.15, -0.1) is 0 Å². The molecule has 1 amide bonds. The molecular weight excluding hydrogens is 290 g/mol. The van der Waals surface area contributed by atoms with Gasteiger partial charge in [-0.1, -0.05) is 42.5 Å². The highest BCUT2D eigenvalue weighted by molar-refractivity contribution is 5.82. The molecule has 0 radical (unpaired) electrons. The van der Waals surface area contributed by atoms with Gasteiger partial charge in [0.15, 0.2) is 0 Å². The molecule has 0 aromatic heterocycles. The van der Waals surface area contributed by atoms with Crippen LogP contribution in [0.1, 0.15) is 23.6 Å². The number of hydrogen-bond donors (Lipinski definition) is 3. The number of hydrogen-bond acceptors (Lipinski definition) is 4. The summed E-state index contributed by atoms with van der Waals surface area (Å²) in [6.07, 6.45) is 0.735. The summed E-state index contributed by atoms with van der Waals surface area (Å²) in [6, 6.07) is 17.8. The van der Waals surface area contributed by atoms with Crippen LogP contribution in [0.2, 0.25) is 0 Å². The molecule has 0 saturated carbocycles. The van der Waals surface area contributed by atoms with Crippen molar-refractivity contribution in [3.8, 4) is 5.75 Å². The number of ether oxygens (including phenoxy) is 1. The van der Waals surface area contributed by atoms with Crippen molar-refractivity contribution in [2.45, 2.75) is 25.0 Å². The molecule has 3 N–H and O–H groups in total. The summed E-state index contributed by atoms with van der Waals surface area (Å²) in [5, 5.41) is 2.97. The number of carbonyl (C=O) groups excluding carboxylic acids is 1. The molecule has 5 nitrogen and oxygen atoms in total. The van der Waals surface area contributed by atoms with Crippen LogP contribution in [0.15, 0.2) is 54.6 Å². The Morgan fingerprint density at radius 1 is 1.13 bits per heavy atom. The Morgan fingerprint density at radius 2 is 1.87 bits per heavy atom. The van der Waals surface area contributed by atoms with E-state index in [0.29, 0.717) is 6.54 Å². The first kappa shape index (κ1) is 15.5. The molecule has 1 saturated heterocycles. The molecule has 23 heavy (non-hydrogen) atoms. The van der Waals surface area contributed by atoms with Crippen molar-refractivity contribution in [1.29, 1.82) is 0 Å². The Hall–Kier alpha value is -2.37. The van der Waals surface area contributed by atoms with Crippen LogP contribution in [0.5, 0.6) is 5.75 Å².